The summed E-state index contributed by atoms with van der Waals surface area (Å²) in [6.07, 6.45) is 0. The molecule has 0 aliphatic rings. The zero-order chi connectivity index (χ0) is 17.8. The normalized spacial score (nSPS) is 13.5. The second-order valence-electron chi connectivity index (χ2n) is 4.92. The van der Waals surface area contributed by atoms with Crippen molar-refractivity contribution in [1.29, 1.82) is 0 Å². The second kappa shape index (κ2) is 7.48. The van der Waals surface area contributed by atoms with Gasteiger partial charge in [-0.2, -0.15) is 13.2 Å². The predicted molar refractivity (Wildman–Crippen MR) is 87.9 cm³/mol. The number of ether oxygens (including phenoxy) is 1. The largest absolute Gasteiger partial charge is 0.497 e. The van der Waals surface area contributed by atoms with E-state index in [-0.39, 0.29) is 22.2 Å². The summed E-state index contributed by atoms with van der Waals surface area (Å²) in [7, 11) is -2.47. The molecule has 0 N–H and O–H groups in total. The Morgan fingerprint density at radius 2 is 1.75 bits per heavy atom. The highest BCUT2D eigenvalue weighted by atomic mass is 32.2. The first kappa shape index (κ1) is 18.7. The SMILES string of the molecule is COc1cccc(C(CS(=O)(=O)c2ccccc2)SC(F)(F)F)c1. The molecule has 2 rings (SSSR count). The number of rotatable bonds is 6. The molecule has 1 atom stereocenters. The Morgan fingerprint density at radius 3 is 2.33 bits per heavy atom. The Balaban J connectivity index is 2.36. The van der Waals surface area contributed by atoms with E-state index in [4.69, 9.17) is 4.74 Å². The molecule has 0 aromatic heterocycles. The van der Waals surface area contributed by atoms with Gasteiger partial charge >= 0.3 is 5.51 Å². The van der Waals surface area contributed by atoms with Crippen LogP contribution in [0.4, 0.5) is 13.2 Å². The molecule has 0 saturated carbocycles. The molecular formula is C16H15F3O3S2. The lowest BCUT2D eigenvalue weighted by Gasteiger charge is -2.19. The molecule has 130 valence electrons. The molecule has 8 heteroatoms. The first-order valence-electron chi connectivity index (χ1n) is 6.87. The molecule has 0 radical (unpaired) electrons. The molecule has 0 bridgehead atoms. The molecule has 0 saturated heterocycles. The van der Waals surface area contributed by atoms with Gasteiger partial charge in [0.2, 0.25) is 0 Å². The maximum Gasteiger partial charge on any atom is 0.442 e. The smallest absolute Gasteiger partial charge is 0.442 e. The van der Waals surface area contributed by atoms with Crippen molar-refractivity contribution < 1.29 is 26.3 Å². The molecule has 0 amide bonds. The Hall–Kier alpha value is -1.67. The van der Waals surface area contributed by atoms with Crippen molar-refractivity contribution in [2.75, 3.05) is 12.9 Å². The van der Waals surface area contributed by atoms with E-state index >= 15 is 0 Å². The molecule has 0 aliphatic heterocycles. The van der Waals surface area contributed by atoms with Crippen molar-refractivity contribution >= 4 is 21.6 Å². The van der Waals surface area contributed by atoms with E-state index in [9.17, 15) is 21.6 Å². The number of hydrogen-bond acceptors (Lipinski definition) is 4. The molecular weight excluding hydrogens is 361 g/mol. The summed E-state index contributed by atoms with van der Waals surface area (Å²) in [5.41, 5.74) is -4.31. The van der Waals surface area contributed by atoms with Crippen molar-refractivity contribution in [3.63, 3.8) is 0 Å². The van der Waals surface area contributed by atoms with Gasteiger partial charge in [0, 0.05) is 0 Å². The van der Waals surface area contributed by atoms with Crippen LogP contribution in [0.2, 0.25) is 0 Å². The third-order valence-electron chi connectivity index (χ3n) is 3.21. The molecule has 3 nitrogen and oxygen atoms in total. The van der Waals surface area contributed by atoms with Crippen LogP contribution >= 0.6 is 11.8 Å². The van der Waals surface area contributed by atoms with Gasteiger partial charge in [-0.25, -0.2) is 8.42 Å². The van der Waals surface area contributed by atoms with Crippen LogP contribution in [-0.4, -0.2) is 26.8 Å². The van der Waals surface area contributed by atoms with Crippen LogP contribution in [0.15, 0.2) is 59.5 Å². The van der Waals surface area contributed by atoms with Crippen LogP contribution in [0.1, 0.15) is 10.8 Å². The van der Waals surface area contributed by atoms with Gasteiger partial charge < -0.3 is 4.74 Å². The lowest BCUT2D eigenvalue weighted by Crippen LogP contribution is -2.16. The third-order valence-corrected chi connectivity index (χ3v) is 6.18. The number of alkyl halides is 3. The van der Waals surface area contributed by atoms with E-state index in [1.807, 2.05) is 0 Å². The zero-order valence-corrected chi connectivity index (χ0v) is 14.3. The maximum atomic E-state index is 12.9. The summed E-state index contributed by atoms with van der Waals surface area (Å²) < 4.78 is 68.6. The molecule has 24 heavy (non-hydrogen) atoms. The molecule has 1 unspecified atom stereocenters. The maximum absolute atomic E-state index is 12.9. The highest BCUT2D eigenvalue weighted by Gasteiger charge is 2.36. The van der Waals surface area contributed by atoms with Gasteiger partial charge in [-0.05, 0) is 41.6 Å². The van der Waals surface area contributed by atoms with Gasteiger partial charge in [0.15, 0.2) is 9.84 Å². The van der Waals surface area contributed by atoms with Crippen molar-refractivity contribution in [3.05, 3.63) is 60.2 Å². The summed E-state index contributed by atoms with van der Waals surface area (Å²) in [6, 6.07) is 13.5. The standard InChI is InChI=1S/C16H15F3O3S2/c1-22-13-7-5-6-12(10-13)15(23-16(17,18)19)11-24(20,21)14-8-3-2-4-9-14/h2-10,15H,11H2,1H3. The fraction of sp³-hybridized carbons (Fsp3) is 0.250. The number of benzene rings is 2. The molecule has 0 spiro atoms. The van der Waals surface area contributed by atoms with E-state index < -0.39 is 26.3 Å². The van der Waals surface area contributed by atoms with Crippen molar-refractivity contribution in [1.82, 2.24) is 0 Å². The highest BCUT2D eigenvalue weighted by molar-refractivity contribution is 8.01. The first-order valence-corrected chi connectivity index (χ1v) is 9.41. The lowest BCUT2D eigenvalue weighted by atomic mass is 10.1. The van der Waals surface area contributed by atoms with Crippen LogP contribution in [-0.2, 0) is 9.84 Å². The van der Waals surface area contributed by atoms with Gasteiger partial charge in [0.05, 0.1) is 23.0 Å². The first-order chi connectivity index (χ1) is 11.2. The van der Waals surface area contributed by atoms with Gasteiger partial charge in [-0.3, -0.25) is 0 Å². The third kappa shape index (κ3) is 5.17. The monoisotopic (exact) mass is 376 g/mol. The number of methoxy groups -OCH3 is 1. The molecule has 0 aliphatic carbocycles. The number of hydrogen-bond donors (Lipinski definition) is 0. The van der Waals surface area contributed by atoms with E-state index in [0.29, 0.717) is 5.75 Å². The number of thioether (sulfide) groups is 1. The van der Waals surface area contributed by atoms with E-state index in [0.717, 1.165) is 0 Å². The summed E-state index contributed by atoms with van der Waals surface area (Å²) in [5.74, 6) is -0.286. The summed E-state index contributed by atoms with van der Waals surface area (Å²) in [6.45, 7) is 0. The topological polar surface area (TPSA) is 43.4 Å². The Kier molecular flexibility index (Phi) is 5.82. The lowest BCUT2D eigenvalue weighted by molar-refractivity contribution is -0.0333. The zero-order valence-electron chi connectivity index (χ0n) is 12.7. The van der Waals surface area contributed by atoms with E-state index in [2.05, 4.69) is 0 Å². The quantitative estimate of drug-likeness (QED) is 0.746. The van der Waals surface area contributed by atoms with Crippen LogP contribution in [0.5, 0.6) is 5.75 Å². The molecule has 2 aromatic rings. The fourth-order valence-corrected chi connectivity index (χ4v) is 4.89. The minimum atomic E-state index is -4.56. The Labute approximate surface area is 142 Å². The minimum Gasteiger partial charge on any atom is -0.497 e. The molecule has 2 aromatic carbocycles. The average Bonchev–Trinajstić information content (AvgIpc) is 2.53. The van der Waals surface area contributed by atoms with E-state index in [1.165, 1.54) is 49.6 Å². The molecule has 0 fully saturated rings. The van der Waals surface area contributed by atoms with Gasteiger partial charge in [-0.1, -0.05) is 30.3 Å². The summed E-state index contributed by atoms with van der Waals surface area (Å²) in [5, 5.41) is -1.29. The number of sulfone groups is 1. The average molecular weight is 376 g/mol. The minimum absolute atomic E-state index is 0.000621. The van der Waals surface area contributed by atoms with E-state index in [1.54, 1.807) is 12.1 Å². The summed E-state index contributed by atoms with van der Waals surface area (Å²) >= 11 is -0.339. The van der Waals surface area contributed by atoms with Gasteiger partial charge in [0.25, 0.3) is 0 Å². The Bertz CT molecular complexity index is 775. The predicted octanol–water partition coefficient (Wildman–Crippen LogP) is 4.46. The fourth-order valence-electron chi connectivity index (χ4n) is 2.12. The molecule has 0 heterocycles. The number of halogens is 3. The Morgan fingerprint density at radius 1 is 1.08 bits per heavy atom. The van der Waals surface area contributed by atoms with Crippen LogP contribution in [0, 0.1) is 0 Å². The highest BCUT2D eigenvalue weighted by Crippen LogP contribution is 2.43. The second-order valence-corrected chi connectivity index (χ2v) is 8.23. The van der Waals surface area contributed by atoms with Gasteiger partial charge in [-0.15, -0.1) is 0 Å². The van der Waals surface area contributed by atoms with Crippen LogP contribution < -0.4 is 4.74 Å². The van der Waals surface area contributed by atoms with Crippen LogP contribution in [0.3, 0.4) is 0 Å². The van der Waals surface area contributed by atoms with Crippen molar-refractivity contribution in [2.24, 2.45) is 0 Å². The summed E-state index contributed by atoms with van der Waals surface area (Å²) in [4.78, 5) is 0.000621. The van der Waals surface area contributed by atoms with Crippen molar-refractivity contribution in [2.45, 2.75) is 15.7 Å². The van der Waals surface area contributed by atoms with Gasteiger partial charge in [0.1, 0.15) is 5.75 Å². The van der Waals surface area contributed by atoms with Crippen molar-refractivity contribution in [3.8, 4) is 5.75 Å². The van der Waals surface area contributed by atoms with Crippen LogP contribution in [0.25, 0.3) is 0 Å².